The first-order valence-electron chi connectivity index (χ1n) is 4.83. The van der Waals surface area contributed by atoms with Crippen LogP contribution in [0.4, 0.5) is 0 Å². The molecule has 0 spiro atoms. The van der Waals surface area contributed by atoms with Crippen molar-refractivity contribution in [2.24, 2.45) is 0 Å². The fourth-order valence-electron chi connectivity index (χ4n) is 1.14. The van der Waals surface area contributed by atoms with Gasteiger partial charge in [-0.1, -0.05) is 33.7 Å². The average Bonchev–Trinajstić information content (AvgIpc) is 2.38. The van der Waals surface area contributed by atoms with Crippen molar-refractivity contribution in [2.45, 2.75) is 16.4 Å². The number of aliphatic hydroxyl groups excluding tert-OH is 1. The minimum atomic E-state index is 0.0979. The van der Waals surface area contributed by atoms with Crippen LogP contribution >= 0.6 is 21.6 Å². The average molecular weight is 249 g/mol. The Labute approximate surface area is 103 Å². The van der Waals surface area contributed by atoms with Gasteiger partial charge in [-0.3, -0.25) is 4.98 Å². The zero-order valence-electron chi connectivity index (χ0n) is 8.54. The van der Waals surface area contributed by atoms with Crippen LogP contribution in [-0.2, 0) is 6.61 Å². The highest BCUT2D eigenvalue weighted by Crippen LogP contribution is 2.36. The van der Waals surface area contributed by atoms with Crippen molar-refractivity contribution in [3.05, 3.63) is 54.4 Å². The first kappa shape index (κ1) is 11.5. The summed E-state index contributed by atoms with van der Waals surface area (Å²) in [4.78, 5) is 6.37. The molecule has 0 aliphatic carbocycles. The van der Waals surface area contributed by atoms with Crippen LogP contribution in [-0.4, -0.2) is 10.1 Å². The molecule has 4 heteroatoms. The number of aromatic nitrogens is 1. The third-order valence-corrected chi connectivity index (χ3v) is 4.36. The molecule has 0 saturated heterocycles. The van der Waals surface area contributed by atoms with Crippen molar-refractivity contribution in [3.8, 4) is 0 Å². The minimum Gasteiger partial charge on any atom is -0.392 e. The molecule has 82 valence electrons. The number of benzene rings is 1. The fraction of sp³-hybridized carbons (Fsp3) is 0.0833. The van der Waals surface area contributed by atoms with Crippen LogP contribution in [0.3, 0.4) is 0 Å². The summed E-state index contributed by atoms with van der Waals surface area (Å²) in [6.45, 7) is 0.0979. The van der Waals surface area contributed by atoms with E-state index in [1.807, 2.05) is 42.6 Å². The molecular formula is C12H11NOS2. The molecule has 0 amide bonds. The minimum absolute atomic E-state index is 0.0979. The van der Waals surface area contributed by atoms with Crippen LogP contribution in [0.1, 0.15) is 5.56 Å². The van der Waals surface area contributed by atoms with Crippen LogP contribution in [0, 0.1) is 0 Å². The molecule has 0 bridgehead atoms. The van der Waals surface area contributed by atoms with Crippen LogP contribution in [0.15, 0.2) is 58.6 Å². The summed E-state index contributed by atoms with van der Waals surface area (Å²) < 4.78 is 0. The Kier molecular flexibility index (Phi) is 4.27. The van der Waals surface area contributed by atoms with Gasteiger partial charge in [-0.15, -0.1) is 0 Å². The Morgan fingerprint density at radius 3 is 2.38 bits per heavy atom. The van der Waals surface area contributed by atoms with Crippen LogP contribution < -0.4 is 0 Å². The van der Waals surface area contributed by atoms with Gasteiger partial charge in [0.25, 0.3) is 0 Å². The van der Waals surface area contributed by atoms with E-state index in [1.165, 1.54) is 4.90 Å². The highest BCUT2D eigenvalue weighted by atomic mass is 33.1. The summed E-state index contributed by atoms with van der Waals surface area (Å²) in [6.07, 6.45) is 3.62. The second-order valence-corrected chi connectivity index (χ2v) is 5.43. The molecule has 2 rings (SSSR count). The van der Waals surface area contributed by atoms with Crippen molar-refractivity contribution in [1.29, 1.82) is 0 Å². The number of rotatable bonds is 4. The van der Waals surface area contributed by atoms with Gasteiger partial charge in [0.15, 0.2) is 0 Å². The lowest BCUT2D eigenvalue weighted by molar-refractivity contribution is 0.282. The molecule has 0 radical (unpaired) electrons. The molecule has 2 nitrogen and oxygen atoms in total. The highest BCUT2D eigenvalue weighted by Gasteiger charge is 1.97. The van der Waals surface area contributed by atoms with E-state index in [2.05, 4.69) is 4.98 Å². The van der Waals surface area contributed by atoms with E-state index < -0.39 is 0 Å². The zero-order valence-corrected chi connectivity index (χ0v) is 10.2. The molecule has 0 fully saturated rings. The maximum atomic E-state index is 8.92. The lowest BCUT2D eigenvalue weighted by Gasteiger charge is -2.01. The van der Waals surface area contributed by atoms with E-state index in [4.69, 9.17) is 5.11 Å². The second-order valence-electron chi connectivity index (χ2n) is 3.16. The van der Waals surface area contributed by atoms with Gasteiger partial charge in [-0.25, -0.2) is 0 Å². The molecule has 1 aromatic carbocycles. The topological polar surface area (TPSA) is 33.1 Å². The monoisotopic (exact) mass is 249 g/mol. The molecule has 1 aromatic heterocycles. The SMILES string of the molecule is OCc1ccc(SSc2cccnc2)cc1. The van der Waals surface area contributed by atoms with E-state index in [9.17, 15) is 0 Å². The molecule has 0 unspecified atom stereocenters. The summed E-state index contributed by atoms with van der Waals surface area (Å²) in [5.41, 5.74) is 0.940. The summed E-state index contributed by atoms with van der Waals surface area (Å²) in [6, 6.07) is 11.9. The first-order valence-corrected chi connectivity index (χ1v) is 6.98. The maximum absolute atomic E-state index is 8.92. The summed E-state index contributed by atoms with van der Waals surface area (Å²) in [7, 11) is 3.37. The molecule has 1 heterocycles. The van der Waals surface area contributed by atoms with Gasteiger partial charge < -0.3 is 5.11 Å². The Balaban J connectivity index is 1.94. The maximum Gasteiger partial charge on any atom is 0.0681 e. The standard InChI is InChI=1S/C12H11NOS2/c14-9-10-3-5-11(6-4-10)15-16-12-2-1-7-13-8-12/h1-8,14H,9H2. The molecule has 1 N–H and O–H groups in total. The number of aliphatic hydroxyl groups is 1. The van der Waals surface area contributed by atoms with Gasteiger partial charge in [0.1, 0.15) is 0 Å². The fourth-order valence-corrected chi connectivity index (χ4v) is 3.03. The van der Waals surface area contributed by atoms with E-state index in [0.29, 0.717) is 0 Å². The quantitative estimate of drug-likeness (QED) is 0.842. The lowest BCUT2D eigenvalue weighted by Crippen LogP contribution is -1.80. The van der Waals surface area contributed by atoms with Crippen molar-refractivity contribution in [2.75, 3.05) is 0 Å². The van der Waals surface area contributed by atoms with Gasteiger partial charge in [0, 0.05) is 22.2 Å². The molecule has 16 heavy (non-hydrogen) atoms. The number of nitrogens with zero attached hydrogens (tertiary/aromatic N) is 1. The molecule has 0 atom stereocenters. The Morgan fingerprint density at radius 1 is 1.00 bits per heavy atom. The number of hydrogen-bond acceptors (Lipinski definition) is 4. The number of pyridine rings is 1. The lowest BCUT2D eigenvalue weighted by atomic mass is 10.2. The molecule has 2 aromatic rings. The van der Waals surface area contributed by atoms with E-state index in [-0.39, 0.29) is 6.61 Å². The van der Waals surface area contributed by atoms with Gasteiger partial charge in [-0.05, 0) is 29.8 Å². The third kappa shape index (κ3) is 3.27. The van der Waals surface area contributed by atoms with Crippen molar-refractivity contribution < 1.29 is 5.11 Å². The van der Waals surface area contributed by atoms with E-state index in [1.54, 1.807) is 27.8 Å². The summed E-state index contributed by atoms with van der Waals surface area (Å²) >= 11 is 0. The summed E-state index contributed by atoms with van der Waals surface area (Å²) in [5, 5.41) is 8.92. The van der Waals surface area contributed by atoms with Crippen molar-refractivity contribution >= 4 is 21.6 Å². The Hall–Kier alpha value is -0.970. The molecule has 0 aliphatic heterocycles. The predicted octanol–water partition coefficient (Wildman–Crippen LogP) is 3.37. The normalized spacial score (nSPS) is 10.3. The summed E-state index contributed by atoms with van der Waals surface area (Å²) in [5.74, 6) is 0. The second kappa shape index (κ2) is 5.94. The van der Waals surface area contributed by atoms with Crippen molar-refractivity contribution in [3.63, 3.8) is 0 Å². The van der Waals surface area contributed by atoms with Gasteiger partial charge in [-0.2, -0.15) is 0 Å². The molecule has 0 aliphatic rings. The largest absolute Gasteiger partial charge is 0.392 e. The van der Waals surface area contributed by atoms with Crippen LogP contribution in [0.5, 0.6) is 0 Å². The van der Waals surface area contributed by atoms with E-state index >= 15 is 0 Å². The first-order chi connectivity index (χ1) is 7.88. The highest BCUT2D eigenvalue weighted by molar-refractivity contribution is 8.76. The predicted molar refractivity (Wildman–Crippen MR) is 68.3 cm³/mol. The Bertz CT molecular complexity index is 431. The smallest absolute Gasteiger partial charge is 0.0681 e. The van der Waals surface area contributed by atoms with Crippen molar-refractivity contribution in [1.82, 2.24) is 4.98 Å². The van der Waals surface area contributed by atoms with Gasteiger partial charge in [0.2, 0.25) is 0 Å². The zero-order chi connectivity index (χ0) is 11.2. The van der Waals surface area contributed by atoms with Gasteiger partial charge in [0.05, 0.1) is 6.61 Å². The Morgan fingerprint density at radius 2 is 1.75 bits per heavy atom. The number of hydrogen-bond donors (Lipinski definition) is 1. The van der Waals surface area contributed by atoms with E-state index in [0.717, 1.165) is 10.5 Å². The van der Waals surface area contributed by atoms with Crippen LogP contribution in [0.2, 0.25) is 0 Å². The molecular weight excluding hydrogens is 238 g/mol. The molecule has 0 saturated carbocycles. The third-order valence-electron chi connectivity index (χ3n) is 1.97. The van der Waals surface area contributed by atoms with Gasteiger partial charge >= 0.3 is 0 Å². The van der Waals surface area contributed by atoms with Crippen LogP contribution in [0.25, 0.3) is 0 Å².